The van der Waals surface area contributed by atoms with Crippen LogP contribution in [0.3, 0.4) is 0 Å². The summed E-state index contributed by atoms with van der Waals surface area (Å²) in [6, 6.07) is 1.29. The van der Waals surface area contributed by atoms with E-state index in [2.05, 4.69) is 44.8 Å². The SMILES string of the molecule is CCC(C)C1CNC(C(C)(C)C)CN1CCC1CCCO1. The zero-order valence-electron chi connectivity index (χ0n) is 14.8. The Kier molecular flexibility index (Phi) is 6.10. The van der Waals surface area contributed by atoms with Gasteiger partial charge < -0.3 is 10.1 Å². The van der Waals surface area contributed by atoms with Crippen molar-refractivity contribution in [3.05, 3.63) is 0 Å². The molecule has 0 aromatic rings. The van der Waals surface area contributed by atoms with Crippen molar-refractivity contribution in [3.63, 3.8) is 0 Å². The van der Waals surface area contributed by atoms with Gasteiger partial charge in [-0.15, -0.1) is 0 Å². The summed E-state index contributed by atoms with van der Waals surface area (Å²) >= 11 is 0. The number of hydrogen-bond donors (Lipinski definition) is 1. The molecule has 124 valence electrons. The lowest BCUT2D eigenvalue weighted by Crippen LogP contribution is -2.62. The van der Waals surface area contributed by atoms with E-state index in [1.54, 1.807) is 0 Å². The van der Waals surface area contributed by atoms with Gasteiger partial charge >= 0.3 is 0 Å². The van der Waals surface area contributed by atoms with Gasteiger partial charge in [-0.3, -0.25) is 4.90 Å². The van der Waals surface area contributed by atoms with E-state index in [0.717, 1.165) is 19.1 Å². The largest absolute Gasteiger partial charge is 0.378 e. The molecule has 2 heterocycles. The summed E-state index contributed by atoms with van der Waals surface area (Å²) in [5, 5.41) is 3.81. The maximum Gasteiger partial charge on any atom is 0.0588 e. The van der Waals surface area contributed by atoms with E-state index < -0.39 is 0 Å². The normalized spacial score (nSPS) is 33.3. The van der Waals surface area contributed by atoms with Gasteiger partial charge in [0.25, 0.3) is 0 Å². The van der Waals surface area contributed by atoms with Crippen LogP contribution in [0.5, 0.6) is 0 Å². The van der Waals surface area contributed by atoms with Crippen LogP contribution in [-0.2, 0) is 4.74 Å². The van der Waals surface area contributed by atoms with Crippen LogP contribution >= 0.6 is 0 Å². The van der Waals surface area contributed by atoms with Crippen molar-refractivity contribution >= 4 is 0 Å². The molecule has 0 spiro atoms. The number of hydrogen-bond acceptors (Lipinski definition) is 3. The molecule has 3 heteroatoms. The van der Waals surface area contributed by atoms with E-state index >= 15 is 0 Å². The lowest BCUT2D eigenvalue weighted by Gasteiger charge is -2.47. The van der Waals surface area contributed by atoms with Crippen LogP contribution in [0, 0.1) is 11.3 Å². The molecule has 0 saturated carbocycles. The minimum absolute atomic E-state index is 0.336. The van der Waals surface area contributed by atoms with Crippen LogP contribution in [0.2, 0.25) is 0 Å². The maximum atomic E-state index is 5.82. The van der Waals surface area contributed by atoms with Gasteiger partial charge in [0.15, 0.2) is 0 Å². The number of piperazine rings is 1. The Bertz CT molecular complexity index is 307. The first kappa shape index (κ1) is 17.2. The minimum atomic E-state index is 0.336. The van der Waals surface area contributed by atoms with Crippen molar-refractivity contribution in [2.45, 2.75) is 78.5 Å². The Morgan fingerprint density at radius 2 is 2.10 bits per heavy atom. The monoisotopic (exact) mass is 296 g/mol. The molecule has 21 heavy (non-hydrogen) atoms. The molecule has 0 radical (unpaired) electrons. The van der Waals surface area contributed by atoms with Gasteiger partial charge in [0.05, 0.1) is 6.10 Å². The van der Waals surface area contributed by atoms with Gasteiger partial charge in [-0.25, -0.2) is 0 Å². The smallest absolute Gasteiger partial charge is 0.0588 e. The molecule has 0 aromatic heterocycles. The van der Waals surface area contributed by atoms with Crippen LogP contribution in [0.1, 0.15) is 60.3 Å². The van der Waals surface area contributed by atoms with Gasteiger partial charge in [0.2, 0.25) is 0 Å². The first-order chi connectivity index (χ1) is 9.91. The van der Waals surface area contributed by atoms with Gasteiger partial charge in [-0.05, 0) is 30.6 Å². The highest BCUT2D eigenvalue weighted by atomic mass is 16.5. The van der Waals surface area contributed by atoms with Gasteiger partial charge in [-0.1, -0.05) is 41.0 Å². The second-order valence-corrected chi connectivity index (χ2v) is 8.20. The second kappa shape index (κ2) is 7.43. The molecular weight excluding hydrogens is 260 g/mol. The summed E-state index contributed by atoms with van der Waals surface area (Å²) in [5.74, 6) is 0.767. The molecule has 2 aliphatic rings. The zero-order valence-corrected chi connectivity index (χ0v) is 14.8. The van der Waals surface area contributed by atoms with E-state index in [1.807, 2.05) is 0 Å². The highest BCUT2D eigenvalue weighted by molar-refractivity contribution is 4.93. The Morgan fingerprint density at radius 1 is 1.33 bits per heavy atom. The van der Waals surface area contributed by atoms with Crippen molar-refractivity contribution in [1.29, 1.82) is 0 Å². The molecule has 0 aromatic carbocycles. The minimum Gasteiger partial charge on any atom is -0.378 e. The second-order valence-electron chi connectivity index (χ2n) is 8.20. The van der Waals surface area contributed by atoms with Crippen LogP contribution in [0.4, 0.5) is 0 Å². The fourth-order valence-corrected chi connectivity index (χ4v) is 3.68. The lowest BCUT2D eigenvalue weighted by atomic mass is 9.83. The Labute approximate surface area is 131 Å². The first-order valence-corrected chi connectivity index (χ1v) is 9.00. The van der Waals surface area contributed by atoms with Crippen molar-refractivity contribution in [2.24, 2.45) is 11.3 Å². The number of rotatable bonds is 5. The van der Waals surface area contributed by atoms with Crippen LogP contribution < -0.4 is 5.32 Å². The standard InChI is InChI=1S/C18H36N2O/c1-6-14(2)16-12-19-17(18(3,4)5)13-20(16)10-9-15-8-7-11-21-15/h14-17,19H,6-13H2,1-5H3. The summed E-state index contributed by atoms with van der Waals surface area (Å²) in [6.07, 6.45) is 5.52. The summed E-state index contributed by atoms with van der Waals surface area (Å²) in [5.41, 5.74) is 0.336. The van der Waals surface area contributed by atoms with Gasteiger partial charge in [0.1, 0.15) is 0 Å². The molecular formula is C18H36N2O. The van der Waals surface area contributed by atoms with Crippen LogP contribution in [0.25, 0.3) is 0 Å². The average molecular weight is 296 g/mol. The predicted molar refractivity (Wildman–Crippen MR) is 89.7 cm³/mol. The van der Waals surface area contributed by atoms with Crippen molar-refractivity contribution in [1.82, 2.24) is 10.2 Å². The highest BCUT2D eigenvalue weighted by Crippen LogP contribution is 2.27. The molecule has 0 aliphatic carbocycles. The molecule has 4 atom stereocenters. The topological polar surface area (TPSA) is 24.5 Å². The molecule has 0 amide bonds. The summed E-state index contributed by atoms with van der Waals surface area (Å²) < 4.78 is 5.82. The maximum absolute atomic E-state index is 5.82. The summed E-state index contributed by atoms with van der Waals surface area (Å²) in [4.78, 5) is 2.75. The number of ether oxygens (including phenoxy) is 1. The Balaban J connectivity index is 1.94. The van der Waals surface area contributed by atoms with Gasteiger partial charge in [-0.2, -0.15) is 0 Å². The van der Waals surface area contributed by atoms with E-state index in [1.165, 1.54) is 38.8 Å². The molecule has 2 saturated heterocycles. The predicted octanol–water partition coefficient (Wildman–Crippen LogP) is 3.29. The third kappa shape index (κ3) is 4.67. The molecule has 3 nitrogen and oxygen atoms in total. The van der Waals surface area contributed by atoms with Crippen molar-refractivity contribution in [3.8, 4) is 0 Å². The fourth-order valence-electron chi connectivity index (χ4n) is 3.68. The van der Waals surface area contributed by atoms with E-state index in [4.69, 9.17) is 4.74 Å². The van der Waals surface area contributed by atoms with Crippen LogP contribution in [0.15, 0.2) is 0 Å². The van der Waals surface area contributed by atoms with E-state index in [-0.39, 0.29) is 0 Å². The number of nitrogens with zero attached hydrogens (tertiary/aromatic N) is 1. The quantitative estimate of drug-likeness (QED) is 0.842. The molecule has 2 aliphatic heterocycles. The zero-order chi connectivity index (χ0) is 15.5. The van der Waals surface area contributed by atoms with Crippen molar-refractivity contribution < 1.29 is 4.74 Å². The number of nitrogens with one attached hydrogen (secondary N) is 1. The lowest BCUT2D eigenvalue weighted by molar-refractivity contribution is 0.0370. The van der Waals surface area contributed by atoms with Crippen LogP contribution in [-0.4, -0.2) is 49.3 Å². The molecule has 4 unspecified atom stereocenters. The first-order valence-electron chi connectivity index (χ1n) is 9.00. The van der Waals surface area contributed by atoms with E-state index in [9.17, 15) is 0 Å². The molecule has 2 rings (SSSR count). The average Bonchev–Trinajstić information content (AvgIpc) is 2.96. The molecule has 1 N–H and O–H groups in total. The third-order valence-electron chi connectivity index (χ3n) is 5.57. The summed E-state index contributed by atoms with van der Waals surface area (Å²) in [6.45, 7) is 16.3. The van der Waals surface area contributed by atoms with Crippen molar-refractivity contribution in [2.75, 3.05) is 26.2 Å². The highest BCUT2D eigenvalue weighted by Gasteiger charge is 2.35. The Hall–Kier alpha value is -0.120. The van der Waals surface area contributed by atoms with E-state index in [0.29, 0.717) is 23.6 Å². The molecule has 0 bridgehead atoms. The fraction of sp³-hybridized carbons (Fsp3) is 1.00. The summed E-state index contributed by atoms with van der Waals surface area (Å²) in [7, 11) is 0. The Morgan fingerprint density at radius 3 is 2.67 bits per heavy atom. The van der Waals surface area contributed by atoms with Gasteiger partial charge in [0, 0.05) is 38.3 Å². The molecule has 2 fully saturated rings. The third-order valence-corrected chi connectivity index (χ3v) is 5.57.